The number of carbonyl (C=O) groups is 3. The van der Waals surface area contributed by atoms with Crippen LogP contribution in [0.5, 0.6) is 11.5 Å². The molecule has 0 aromatic heterocycles. The number of thioether (sulfide) groups is 1. The minimum Gasteiger partial charge on any atom is -0.493 e. The molecule has 1 atom stereocenters. The van der Waals surface area contributed by atoms with E-state index < -0.39 is 30.5 Å². The molecule has 0 bridgehead atoms. The largest absolute Gasteiger partial charge is 0.493 e. The van der Waals surface area contributed by atoms with Gasteiger partial charge in [0.05, 0.1) is 12.0 Å². The molecule has 0 aliphatic carbocycles. The molecule has 8 nitrogen and oxygen atoms in total. The third-order valence-electron chi connectivity index (χ3n) is 3.30. The van der Waals surface area contributed by atoms with Crippen LogP contribution in [0.3, 0.4) is 0 Å². The average molecular weight is 397 g/mol. The highest BCUT2D eigenvalue weighted by molar-refractivity contribution is 8.26. The Balaban J connectivity index is 2.25. The molecule has 0 saturated carbocycles. The van der Waals surface area contributed by atoms with Crippen molar-refractivity contribution in [3.05, 3.63) is 28.7 Å². The molecule has 0 unspecified atom stereocenters. The molecule has 138 valence electrons. The Morgan fingerprint density at radius 3 is 2.62 bits per heavy atom. The lowest BCUT2D eigenvalue weighted by Crippen LogP contribution is -2.33. The van der Waals surface area contributed by atoms with E-state index in [-0.39, 0.29) is 15.0 Å². The summed E-state index contributed by atoms with van der Waals surface area (Å²) in [4.78, 5) is 35.3. The molecule has 26 heavy (non-hydrogen) atoms. The van der Waals surface area contributed by atoms with Crippen molar-refractivity contribution in [3.63, 3.8) is 0 Å². The smallest absolute Gasteiger partial charge is 0.344 e. The summed E-state index contributed by atoms with van der Waals surface area (Å²) in [7, 11) is 1.41. The second kappa shape index (κ2) is 8.19. The lowest BCUT2D eigenvalue weighted by molar-refractivity contribution is -0.144. The topological polar surface area (TPSA) is 113 Å². The van der Waals surface area contributed by atoms with Gasteiger partial charge in [-0.1, -0.05) is 30.0 Å². The van der Waals surface area contributed by atoms with Gasteiger partial charge in [-0.3, -0.25) is 14.5 Å². The number of carbonyl (C=O) groups excluding carboxylic acids is 1. The fraction of sp³-hybridized carbons (Fsp3) is 0.250. The number of benzene rings is 1. The van der Waals surface area contributed by atoms with Gasteiger partial charge in [0.1, 0.15) is 10.9 Å². The zero-order valence-corrected chi connectivity index (χ0v) is 15.4. The van der Waals surface area contributed by atoms with E-state index in [0.717, 1.165) is 16.7 Å². The summed E-state index contributed by atoms with van der Waals surface area (Å²) in [6.07, 6.45) is 0.496. The molecule has 1 aliphatic rings. The summed E-state index contributed by atoms with van der Waals surface area (Å²) in [5.74, 6) is -2.21. The second-order valence-corrected chi connectivity index (χ2v) is 6.85. The van der Waals surface area contributed by atoms with Crippen LogP contribution in [0.2, 0.25) is 0 Å². The second-order valence-electron chi connectivity index (χ2n) is 5.17. The van der Waals surface area contributed by atoms with Crippen LogP contribution in [0.25, 0.3) is 6.08 Å². The average Bonchev–Trinajstić information content (AvgIpc) is 2.83. The summed E-state index contributed by atoms with van der Waals surface area (Å²) in [6.45, 7) is 0.897. The van der Waals surface area contributed by atoms with E-state index in [2.05, 4.69) is 0 Å². The maximum atomic E-state index is 12.3. The summed E-state index contributed by atoms with van der Waals surface area (Å²) < 4.78 is 10.7. The standard InChI is InChI=1S/C16H15NO7S2/c1-8(15(21)22)24-10-4-3-9(5-11(10)23-2)6-12-14(20)17(7-13(18)19)16(25)26-12/h3-6,8H,7H2,1-2H3,(H,18,19)(H,21,22)/b12-6+/t8-/m0/s1. The number of methoxy groups -OCH3 is 1. The van der Waals surface area contributed by atoms with E-state index in [1.165, 1.54) is 20.1 Å². The molecule has 10 heteroatoms. The van der Waals surface area contributed by atoms with Crippen molar-refractivity contribution in [2.45, 2.75) is 13.0 Å². The highest BCUT2D eigenvalue weighted by Crippen LogP contribution is 2.34. The SMILES string of the molecule is COc1cc(/C=C2/SC(=S)N(CC(=O)O)C2=O)ccc1O[C@@H](C)C(=O)O. The van der Waals surface area contributed by atoms with Gasteiger partial charge in [0.25, 0.3) is 5.91 Å². The highest BCUT2D eigenvalue weighted by Gasteiger charge is 2.33. The van der Waals surface area contributed by atoms with Gasteiger partial charge >= 0.3 is 11.9 Å². The van der Waals surface area contributed by atoms with Crippen LogP contribution < -0.4 is 9.47 Å². The first-order valence-corrected chi connectivity index (χ1v) is 8.50. The normalized spacial score (nSPS) is 16.7. The van der Waals surface area contributed by atoms with E-state index in [0.29, 0.717) is 11.3 Å². The number of carboxylic acid groups (broad SMARTS) is 2. The Kier molecular flexibility index (Phi) is 6.22. The molecule has 1 aromatic carbocycles. The van der Waals surface area contributed by atoms with Gasteiger partial charge < -0.3 is 19.7 Å². The minimum absolute atomic E-state index is 0.172. The van der Waals surface area contributed by atoms with Gasteiger partial charge in [0.15, 0.2) is 17.6 Å². The molecule has 1 fully saturated rings. The van der Waals surface area contributed by atoms with Crippen molar-refractivity contribution in [1.29, 1.82) is 0 Å². The first kappa shape index (κ1) is 19.7. The number of thiocarbonyl (C=S) groups is 1. The van der Waals surface area contributed by atoms with E-state index in [9.17, 15) is 14.4 Å². The van der Waals surface area contributed by atoms with Crippen molar-refractivity contribution >= 4 is 52.2 Å². The first-order chi connectivity index (χ1) is 12.2. The Hall–Kier alpha value is -2.59. The van der Waals surface area contributed by atoms with Crippen molar-refractivity contribution in [2.24, 2.45) is 0 Å². The van der Waals surface area contributed by atoms with Gasteiger partial charge in [0, 0.05) is 0 Å². The molecule has 1 aromatic rings. The molecule has 2 rings (SSSR count). The summed E-state index contributed by atoms with van der Waals surface area (Å²) >= 11 is 6.04. The molecule has 1 aliphatic heterocycles. The van der Waals surface area contributed by atoms with E-state index >= 15 is 0 Å². The van der Waals surface area contributed by atoms with E-state index in [4.69, 9.17) is 31.9 Å². The first-order valence-electron chi connectivity index (χ1n) is 7.27. The van der Waals surface area contributed by atoms with E-state index in [1.54, 1.807) is 18.2 Å². The van der Waals surface area contributed by atoms with Crippen LogP contribution in [-0.2, 0) is 14.4 Å². The molecule has 0 radical (unpaired) electrons. The molecule has 0 spiro atoms. The predicted molar refractivity (Wildman–Crippen MR) is 98.2 cm³/mol. The van der Waals surface area contributed by atoms with Gasteiger partial charge in [-0.25, -0.2) is 4.79 Å². The minimum atomic E-state index is -1.15. The number of rotatable bonds is 7. The Labute approximate surface area is 158 Å². The van der Waals surface area contributed by atoms with Gasteiger partial charge in [0.2, 0.25) is 0 Å². The van der Waals surface area contributed by atoms with Crippen molar-refractivity contribution in [2.75, 3.05) is 13.7 Å². The van der Waals surface area contributed by atoms with Gasteiger partial charge in [-0.05, 0) is 30.7 Å². The summed E-state index contributed by atoms with van der Waals surface area (Å²) in [6, 6.07) is 4.73. The maximum absolute atomic E-state index is 12.3. The summed E-state index contributed by atoms with van der Waals surface area (Å²) in [5.41, 5.74) is 0.591. The number of hydrogen-bond acceptors (Lipinski definition) is 7. The molecular formula is C16H15NO7S2. The number of nitrogens with zero attached hydrogens (tertiary/aromatic N) is 1. The van der Waals surface area contributed by atoms with Crippen LogP contribution in [0, 0.1) is 0 Å². The molecular weight excluding hydrogens is 382 g/mol. The van der Waals surface area contributed by atoms with E-state index in [1.807, 2.05) is 0 Å². The van der Waals surface area contributed by atoms with Crippen molar-refractivity contribution in [3.8, 4) is 11.5 Å². The fourth-order valence-electron chi connectivity index (χ4n) is 2.04. The van der Waals surface area contributed by atoms with Crippen LogP contribution in [0.4, 0.5) is 0 Å². The lowest BCUT2D eigenvalue weighted by Gasteiger charge is -2.14. The van der Waals surface area contributed by atoms with Crippen LogP contribution in [0.1, 0.15) is 12.5 Å². The van der Waals surface area contributed by atoms with Crippen molar-refractivity contribution in [1.82, 2.24) is 4.90 Å². The van der Waals surface area contributed by atoms with Crippen molar-refractivity contribution < 1.29 is 34.1 Å². The number of ether oxygens (including phenoxy) is 2. The lowest BCUT2D eigenvalue weighted by atomic mass is 10.2. The Morgan fingerprint density at radius 1 is 1.35 bits per heavy atom. The van der Waals surface area contributed by atoms with Gasteiger partial charge in [-0.2, -0.15) is 0 Å². The van der Waals surface area contributed by atoms with Crippen LogP contribution >= 0.6 is 24.0 Å². The molecule has 1 saturated heterocycles. The number of amides is 1. The zero-order chi connectivity index (χ0) is 19.4. The predicted octanol–water partition coefficient (Wildman–Crippen LogP) is 1.83. The monoisotopic (exact) mass is 397 g/mol. The maximum Gasteiger partial charge on any atom is 0.344 e. The number of carboxylic acids is 2. The van der Waals surface area contributed by atoms with Crippen LogP contribution in [0.15, 0.2) is 23.1 Å². The Bertz CT molecular complexity index is 806. The Morgan fingerprint density at radius 2 is 2.04 bits per heavy atom. The quantitative estimate of drug-likeness (QED) is 0.525. The number of aliphatic carboxylic acids is 2. The zero-order valence-electron chi connectivity index (χ0n) is 13.8. The van der Waals surface area contributed by atoms with Crippen LogP contribution in [-0.4, -0.2) is 57.0 Å². The molecule has 1 heterocycles. The third kappa shape index (κ3) is 4.52. The fourth-order valence-corrected chi connectivity index (χ4v) is 3.29. The molecule has 1 amide bonds. The third-order valence-corrected chi connectivity index (χ3v) is 4.68. The number of hydrogen-bond donors (Lipinski definition) is 2. The van der Waals surface area contributed by atoms with Gasteiger partial charge in [-0.15, -0.1) is 0 Å². The summed E-state index contributed by atoms with van der Waals surface area (Å²) in [5, 5.41) is 17.8. The highest BCUT2D eigenvalue weighted by atomic mass is 32.2. The molecule has 2 N–H and O–H groups in total.